The highest BCUT2D eigenvalue weighted by atomic mass is 32.2. The van der Waals surface area contributed by atoms with Crippen molar-refractivity contribution in [2.75, 3.05) is 37.9 Å². The van der Waals surface area contributed by atoms with Crippen LogP contribution in [-0.2, 0) is 10.0 Å². The van der Waals surface area contributed by atoms with Crippen molar-refractivity contribution < 1.29 is 13.2 Å². The predicted octanol–water partition coefficient (Wildman–Crippen LogP) is 2.49. The SMILES string of the molecule is Cc1ccc(NS(=O)(=O)c2cccc(C(=O)N3CCN(C)CC3)c2)c(C)c1. The summed E-state index contributed by atoms with van der Waals surface area (Å²) < 4.78 is 28.2. The lowest BCUT2D eigenvalue weighted by molar-refractivity contribution is 0.0664. The standard InChI is InChI=1S/C20H25N3O3S/c1-15-7-8-19(16(2)13-15)21-27(25,26)18-6-4-5-17(14-18)20(24)23-11-9-22(3)10-12-23/h4-8,13-14,21H,9-12H2,1-3H3. The minimum Gasteiger partial charge on any atom is -0.336 e. The summed E-state index contributed by atoms with van der Waals surface area (Å²) in [6.45, 7) is 6.74. The first-order chi connectivity index (χ1) is 12.8. The first-order valence-corrected chi connectivity index (χ1v) is 10.4. The number of likely N-dealkylation sites (N-methyl/N-ethyl adjacent to an activating group) is 1. The highest BCUT2D eigenvalue weighted by Crippen LogP contribution is 2.22. The van der Waals surface area contributed by atoms with Crippen molar-refractivity contribution in [2.45, 2.75) is 18.7 Å². The molecule has 1 N–H and O–H groups in total. The zero-order chi connectivity index (χ0) is 19.6. The number of rotatable bonds is 4. The Morgan fingerprint density at radius 1 is 1.00 bits per heavy atom. The fraction of sp³-hybridized carbons (Fsp3) is 0.350. The Morgan fingerprint density at radius 2 is 1.70 bits per heavy atom. The quantitative estimate of drug-likeness (QED) is 0.875. The Hall–Kier alpha value is -2.38. The topological polar surface area (TPSA) is 69.7 Å². The summed E-state index contributed by atoms with van der Waals surface area (Å²) in [5.41, 5.74) is 2.85. The minimum atomic E-state index is -3.77. The van der Waals surface area contributed by atoms with Gasteiger partial charge in [0.1, 0.15) is 0 Å². The molecular formula is C20H25N3O3S. The summed E-state index contributed by atoms with van der Waals surface area (Å²) in [6, 6.07) is 11.8. The van der Waals surface area contributed by atoms with Gasteiger partial charge in [-0.25, -0.2) is 8.42 Å². The van der Waals surface area contributed by atoms with E-state index in [0.29, 0.717) is 24.3 Å². The third kappa shape index (κ3) is 4.48. The number of nitrogens with zero attached hydrogens (tertiary/aromatic N) is 2. The monoisotopic (exact) mass is 387 g/mol. The van der Waals surface area contributed by atoms with Crippen molar-refractivity contribution >= 4 is 21.6 Å². The lowest BCUT2D eigenvalue weighted by Crippen LogP contribution is -2.47. The molecule has 0 radical (unpaired) electrons. The number of carbonyl (C=O) groups excluding carboxylic acids is 1. The van der Waals surface area contributed by atoms with Gasteiger partial charge in [0.05, 0.1) is 10.6 Å². The zero-order valence-electron chi connectivity index (χ0n) is 15.9. The van der Waals surface area contributed by atoms with Crippen molar-refractivity contribution in [1.29, 1.82) is 0 Å². The number of hydrogen-bond acceptors (Lipinski definition) is 4. The van der Waals surface area contributed by atoms with Crippen LogP contribution in [0.25, 0.3) is 0 Å². The van der Waals surface area contributed by atoms with E-state index >= 15 is 0 Å². The molecule has 7 heteroatoms. The summed E-state index contributed by atoms with van der Waals surface area (Å²) in [6.07, 6.45) is 0. The van der Waals surface area contributed by atoms with Gasteiger partial charge in [-0.3, -0.25) is 9.52 Å². The number of anilines is 1. The molecule has 0 atom stereocenters. The molecule has 0 unspecified atom stereocenters. The largest absolute Gasteiger partial charge is 0.336 e. The Bertz CT molecular complexity index is 949. The Kier molecular flexibility index (Phi) is 5.53. The Balaban J connectivity index is 1.82. The van der Waals surface area contributed by atoms with Crippen LogP contribution < -0.4 is 4.72 Å². The van der Waals surface area contributed by atoms with Crippen molar-refractivity contribution in [3.05, 3.63) is 59.2 Å². The molecule has 2 aromatic carbocycles. The molecule has 1 amide bonds. The number of benzene rings is 2. The number of carbonyl (C=O) groups is 1. The summed E-state index contributed by atoms with van der Waals surface area (Å²) in [4.78, 5) is 16.7. The fourth-order valence-corrected chi connectivity index (χ4v) is 4.30. The third-order valence-electron chi connectivity index (χ3n) is 4.81. The zero-order valence-corrected chi connectivity index (χ0v) is 16.7. The van der Waals surface area contributed by atoms with Crippen molar-refractivity contribution in [1.82, 2.24) is 9.80 Å². The van der Waals surface area contributed by atoms with Gasteiger partial charge in [0.2, 0.25) is 0 Å². The average Bonchev–Trinajstić information content (AvgIpc) is 2.64. The molecule has 144 valence electrons. The second-order valence-corrected chi connectivity index (χ2v) is 8.73. The number of amides is 1. The van der Waals surface area contributed by atoms with E-state index in [4.69, 9.17) is 0 Å². The van der Waals surface area contributed by atoms with E-state index in [-0.39, 0.29) is 10.8 Å². The second kappa shape index (κ2) is 7.70. The van der Waals surface area contributed by atoms with Crippen LogP contribution in [0.15, 0.2) is 47.4 Å². The summed E-state index contributed by atoms with van der Waals surface area (Å²) >= 11 is 0. The molecule has 6 nitrogen and oxygen atoms in total. The van der Waals surface area contributed by atoms with Crippen LogP contribution in [0.4, 0.5) is 5.69 Å². The molecule has 1 fully saturated rings. The molecular weight excluding hydrogens is 362 g/mol. The summed E-state index contributed by atoms with van der Waals surface area (Å²) in [5, 5.41) is 0. The van der Waals surface area contributed by atoms with Crippen LogP contribution in [0.2, 0.25) is 0 Å². The van der Waals surface area contributed by atoms with E-state index in [9.17, 15) is 13.2 Å². The van der Waals surface area contributed by atoms with Crippen LogP contribution in [-0.4, -0.2) is 57.4 Å². The van der Waals surface area contributed by atoms with E-state index < -0.39 is 10.0 Å². The highest BCUT2D eigenvalue weighted by molar-refractivity contribution is 7.92. The normalized spacial score (nSPS) is 15.6. The molecule has 1 aliphatic heterocycles. The maximum atomic E-state index is 12.8. The molecule has 1 aliphatic rings. The van der Waals surface area contributed by atoms with Gasteiger partial charge in [0, 0.05) is 31.7 Å². The van der Waals surface area contributed by atoms with Gasteiger partial charge in [0.15, 0.2) is 0 Å². The van der Waals surface area contributed by atoms with Crippen LogP contribution in [0, 0.1) is 13.8 Å². The second-order valence-electron chi connectivity index (χ2n) is 7.05. The maximum Gasteiger partial charge on any atom is 0.261 e. The maximum absolute atomic E-state index is 12.8. The first-order valence-electron chi connectivity index (χ1n) is 8.94. The van der Waals surface area contributed by atoms with Crippen LogP contribution >= 0.6 is 0 Å². The minimum absolute atomic E-state index is 0.0856. The molecule has 2 aromatic rings. The number of sulfonamides is 1. The summed E-state index contributed by atoms with van der Waals surface area (Å²) in [5.74, 6) is -0.133. The third-order valence-corrected chi connectivity index (χ3v) is 6.17. The van der Waals surface area contributed by atoms with Crippen molar-refractivity contribution in [2.24, 2.45) is 0 Å². The van der Waals surface area contributed by atoms with Crippen molar-refractivity contribution in [3.63, 3.8) is 0 Å². The van der Waals surface area contributed by atoms with Gasteiger partial charge in [-0.2, -0.15) is 0 Å². The van der Waals surface area contributed by atoms with E-state index in [1.54, 1.807) is 23.1 Å². The van der Waals surface area contributed by atoms with Crippen molar-refractivity contribution in [3.8, 4) is 0 Å². The van der Waals surface area contributed by atoms with Gasteiger partial charge in [-0.15, -0.1) is 0 Å². The predicted molar refractivity (Wildman–Crippen MR) is 107 cm³/mol. The van der Waals surface area contributed by atoms with E-state index in [1.165, 1.54) is 12.1 Å². The first kappa shape index (κ1) is 19.4. The summed E-state index contributed by atoms with van der Waals surface area (Å²) in [7, 11) is -1.75. The van der Waals surface area contributed by atoms with Gasteiger partial charge >= 0.3 is 0 Å². The average molecular weight is 388 g/mol. The number of hydrogen-bond donors (Lipinski definition) is 1. The molecule has 3 rings (SSSR count). The molecule has 0 aromatic heterocycles. The van der Waals surface area contributed by atoms with Gasteiger partial charge < -0.3 is 9.80 Å². The van der Waals surface area contributed by atoms with Crippen LogP contribution in [0.5, 0.6) is 0 Å². The number of nitrogens with one attached hydrogen (secondary N) is 1. The van der Waals surface area contributed by atoms with E-state index in [1.807, 2.05) is 33.0 Å². The van der Waals surface area contributed by atoms with Crippen LogP contribution in [0.3, 0.4) is 0 Å². The van der Waals surface area contributed by atoms with Gasteiger partial charge in [-0.1, -0.05) is 23.8 Å². The lowest BCUT2D eigenvalue weighted by atomic mass is 10.1. The van der Waals surface area contributed by atoms with E-state index in [0.717, 1.165) is 24.2 Å². The number of piperazine rings is 1. The number of aryl methyl sites for hydroxylation is 2. The lowest BCUT2D eigenvalue weighted by Gasteiger charge is -2.32. The smallest absolute Gasteiger partial charge is 0.261 e. The molecule has 0 bridgehead atoms. The molecule has 0 spiro atoms. The van der Waals surface area contributed by atoms with E-state index in [2.05, 4.69) is 9.62 Å². The Labute approximate surface area is 160 Å². The molecule has 0 aliphatic carbocycles. The molecule has 0 saturated carbocycles. The highest BCUT2D eigenvalue weighted by Gasteiger charge is 2.22. The van der Waals surface area contributed by atoms with Crippen LogP contribution in [0.1, 0.15) is 21.5 Å². The molecule has 1 saturated heterocycles. The fourth-order valence-electron chi connectivity index (χ4n) is 3.12. The van der Waals surface area contributed by atoms with Gasteiger partial charge in [-0.05, 0) is 50.7 Å². The molecule has 1 heterocycles. The Morgan fingerprint density at radius 3 is 2.37 bits per heavy atom. The van der Waals surface area contributed by atoms with Gasteiger partial charge in [0.25, 0.3) is 15.9 Å². The molecule has 27 heavy (non-hydrogen) atoms.